The average molecular weight is 289 g/mol. The van der Waals surface area contributed by atoms with E-state index in [1.807, 2.05) is 24.3 Å². The molecule has 0 saturated carbocycles. The van der Waals surface area contributed by atoms with Crippen LogP contribution in [-0.4, -0.2) is 36.3 Å². The molecule has 0 aliphatic carbocycles. The lowest BCUT2D eigenvalue weighted by Crippen LogP contribution is -2.42. The summed E-state index contributed by atoms with van der Waals surface area (Å²) in [5.74, 6) is -0.269. The molecule has 3 N–H and O–H groups in total. The molecule has 21 heavy (non-hydrogen) atoms. The molecule has 5 nitrogen and oxygen atoms in total. The van der Waals surface area contributed by atoms with Gasteiger partial charge in [0.1, 0.15) is 0 Å². The summed E-state index contributed by atoms with van der Waals surface area (Å²) in [6, 6.07) is 7.85. The third-order valence-corrected chi connectivity index (χ3v) is 4.03. The molecule has 114 valence electrons. The molecule has 1 heterocycles. The van der Waals surface area contributed by atoms with Crippen molar-refractivity contribution in [2.75, 3.05) is 25.0 Å². The maximum Gasteiger partial charge on any atom is 0.238 e. The zero-order valence-corrected chi connectivity index (χ0v) is 12.5. The number of primary amides is 1. The Bertz CT molecular complexity index is 508. The fraction of sp³-hybridized carbons (Fsp3) is 0.500. The topological polar surface area (TPSA) is 75.4 Å². The van der Waals surface area contributed by atoms with E-state index in [4.69, 9.17) is 5.73 Å². The fourth-order valence-corrected chi connectivity index (χ4v) is 2.72. The highest BCUT2D eigenvalue weighted by atomic mass is 16.2. The minimum atomic E-state index is -0.226. The van der Waals surface area contributed by atoms with Crippen LogP contribution < -0.4 is 11.1 Å². The Morgan fingerprint density at radius 1 is 1.29 bits per heavy atom. The van der Waals surface area contributed by atoms with Gasteiger partial charge in [0.05, 0.1) is 6.54 Å². The number of nitrogens with one attached hydrogen (secondary N) is 1. The van der Waals surface area contributed by atoms with Crippen molar-refractivity contribution >= 4 is 17.5 Å². The van der Waals surface area contributed by atoms with Gasteiger partial charge in [-0.25, -0.2) is 0 Å². The van der Waals surface area contributed by atoms with E-state index in [0.717, 1.165) is 43.6 Å². The molecule has 0 bridgehead atoms. The number of para-hydroxylation sites is 1. The van der Waals surface area contributed by atoms with Crippen LogP contribution in [0.15, 0.2) is 24.3 Å². The summed E-state index contributed by atoms with van der Waals surface area (Å²) in [5.41, 5.74) is 7.33. The number of rotatable bonds is 5. The first-order valence-corrected chi connectivity index (χ1v) is 7.49. The van der Waals surface area contributed by atoms with Crippen molar-refractivity contribution in [2.45, 2.75) is 26.2 Å². The molecule has 1 fully saturated rings. The van der Waals surface area contributed by atoms with E-state index in [1.54, 1.807) is 0 Å². The number of anilines is 1. The van der Waals surface area contributed by atoms with Gasteiger partial charge < -0.3 is 11.1 Å². The van der Waals surface area contributed by atoms with Crippen LogP contribution in [0.3, 0.4) is 0 Å². The van der Waals surface area contributed by atoms with Crippen LogP contribution in [0, 0.1) is 5.92 Å². The van der Waals surface area contributed by atoms with Gasteiger partial charge in [-0.1, -0.05) is 25.1 Å². The van der Waals surface area contributed by atoms with Crippen molar-refractivity contribution in [1.29, 1.82) is 0 Å². The van der Waals surface area contributed by atoms with E-state index in [0.29, 0.717) is 6.54 Å². The lowest BCUT2D eigenvalue weighted by atomic mass is 9.96. The maximum absolute atomic E-state index is 12.1. The first-order valence-electron chi connectivity index (χ1n) is 7.49. The third kappa shape index (κ3) is 4.29. The molecule has 0 radical (unpaired) electrons. The van der Waals surface area contributed by atoms with Crippen LogP contribution in [0.5, 0.6) is 0 Å². The Hall–Kier alpha value is -1.88. The molecule has 0 atom stereocenters. The summed E-state index contributed by atoms with van der Waals surface area (Å²) < 4.78 is 0. The summed E-state index contributed by atoms with van der Waals surface area (Å²) >= 11 is 0. The number of nitrogens with zero attached hydrogens (tertiary/aromatic N) is 1. The van der Waals surface area contributed by atoms with E-state index in [1.165, 1.54) is 0 Å². The molecule has 0 spiro atoms. The molecular formula is C16H23N3O2. The summed E-state index contributed by atoms with van der Waals surface area (Å²) in [6.07, 6.45) is 2.38. The Labute approximate surface area is 125 Å². The standard InChI is InChI=1S/C16H23N3O2/c1-2-12-5-3-4-6-14(12)18-15(20)11-19-9-7-13(8-10-19)16(17)21/h3-6,13H,2,7-11H2,1H3,(H2,17,21)(H,18,20). The molecule has 1 aromatic rings. The van der Waals surface area contributed by atoms with Gasteiger partial charge in [-0.3, -0.25) is 14.5 Å². The van der Waals surface area contributed by atoms with Gasteiger partial charge in [0.25, 0.3) is 0 Å². The number of likely N-dealkylation sites (tertiary alicyclic amines) is 1. The van der Waals surface area contributed by atoms with Crippen molar-refractivity contribution < 1.29 is 9.59 Å². The maximum atomic E-state index is 12.1. The van der Waals surface area contributed by atoms with Gasteiger partial charge in [-0.15, -0.1) is 0 Å². The second kappa shape index (κ2) is 7.22. The van der Waals surface area contributed by atoms with Gasteiger partial charge in [-0.2, -0.15) is 0 Å². The number of benzene rings is 1. The Morgan fingerprint density at radius 2 is 1.95 bits per heavy atom. The van der Waals surface area contributed by atoms with Gasteiger partial charge in [0.2, 0.25) is 11.8 Å². The molecule has 2 rings (SSSR count). The fourth-order valence-electron chi connectivity index (χ4n) is 2.72. The lowest BCUT2D eigenvalue weighted by Gasteiger charge is -2.29. The quantitative estimate of drug-likeness (QED) is 0.860. The van der Waals surface area contributed by atoms with E-state index >= 15 is 0 Å². The predicted octanol–water partition coefficient (Wildman–Crippen LogP) is 1.38. The second-order valence-electron chi connectivity index (χ2n) is 5.51. The average Bonchev–Trinajstić information content (AvgIpc) is 2.48. The SMILES string of the molecule is CCc1ccccc1NC(=O)CN1CCC(C(N)=O)CC1. The van der Waals surface area contributed by atoms with E-state index in [2.05, 4.69) is 17.1 Å². The highest BCUT2D eigenvalue weighted by molar-refractivity contribution is 5.93. The normalized spacial score (nSPS) is 16.6. The van der Waals surface area contributed by atoms with Crippen LogP contribution >= 0.6 is 0 Å². The molecule has 5 heteroatoms. The summed E-state index contributed by atoms with van der Waals surface area (Å²) in [6.45, 7) is 3.93. The molecule has 1 aromatic carbocycles. The van der Waals surface area contributed by atoms with Crippen molar-refractivity contribution in [2.24, 2.45) is 11.7 Å². The number of aryl methyl sites for hydroxylation is 1. The van der Waals surface area contributed by atoms with Crippen LogP contribution in [0.25, 0.3) is 0 Å². The Balaban J connectivity index is 1.84. The largest absolute Gasteiger partial charge is 0.369 e. The molecule has 1 saturated heterocycles. The van der Waals surface area contributed by atoms with Crippen LogP contribution in [-0.2, 0) is 16.0 Å². The first kappa shape index (κ1) is 15.5. The monoisotopic (exact) mass is 289 g/mol. The molecule has 1 aliphatic heterocycles. The summed E-state index contributed by atoms with van der Waals surface area (Å²) in [7, 11) is 0. The Morgan fingerprint density at radius 3 is 2.57 bits per heavy atom. The van der Waals surface area contributed by atoms with E-state index in [-0.39, 0.29) is 17.7 Å². The minimum Gasteiger partial charge on any atom is -0.369 e. The third-order valence-electron chi connectivity index (χ3n) is 4.03. The number of piperidine rings is 1. The first-order chi connectivity index (χ1) is 10.1. The van der Waals surface area contributed by atoms with Crippen molar-refractivity contribution in [3.63, 3.8) is 0 Å². The number of nitrogens with two attached hydrogens (primary N) is 1. The van der Waals surface area contributed by atoms with Crippen LogP contribution in [0.4, 0.5) is 5.69 Å². The zero-order valence-electron chi connectivity index (χ0n) is 12.5. The van der Waals surface area contributed by atoms with Gasteiger partial charge in [0.15, 0.2) is 0 Å². The van der Waals surface area contributed by atoms with Crippen molar-refractivity contribution in [3.8, 4) is 0 Å². The summed E-state index contributed by atoms with van der Waals surface area (Å²) in [4.78, 5) is 25.3. The lowest BCUT2D eigenvalue weighted by molar-refractivity contribution is -0.123. The number of carbonyl (C=O) groups is 2. The zero-order chi connectivity index (χ0) is 15.2. The van der Waals surface area contributed by atoms with Crippen LogP contribution in [0.2, 0.25) is 0 Å². The number of hydrogen-bond donors (Lipinski definition) is 2. The van der Waals surface area contributed by atoms with Gasteiger partial charge >= 0.3 is 0 Å². The minimum absolute atomic E-state index is 0.00609. The van der Waals surface area contributed by atoms with Gasteiger partial charge in [0, 0.05) is 11.6 Å². The smallest absolute Gasteiger partial charge is 0.238 e. The predicted molar refractivity (Wildman–Crippen MR) is 82.8 cm³/mol. The number of amides is 2. The summed E-state index contributed by atoms with van der Waals surface area (Å²) in [5, 5.41) is 2.97. The molecular weight excluding hydrogens is 266 g/mol. The molecule has 0 aromatic heterocycles. The number of carbonyl (C=O) groups excluding carboxylic acids is 2. The number of hydrogen-bond acceptors (Lipinski definition) is 3. The van der Waals surface area contributed by atoms with Crippen molar-refractivity contribution in [3.05, 3.63) is 29.8 Å². The van der Waals surface area contributed by atoms with Gasteiger partial charge in [-0.05, 0) is 44.0 Å². The van der Waals surface area contributed by atoms with Crippen molar-refractivity contribution in [1.82, 2.24) is 4.90 Å². The van der Waals surface area contributed by atoms with E-state index in [9.17, 15) is 9.59 Å². The molecule has 0 unspecified atom stereocenters. The molecule has 2 amide bonds. The highest BCUT2D eigenvalue weighted by Gasteiger charge is 2.24. The van der Waals surface area contributed by atoms with E-state index < -0.39 is 0 Å². The second-order valence-corrected chi connectivity index (χ2v) is 5.51. The highest BCUT2D eigenvalue weighted by Crippen LogP contribution is 2.18. The Kier molecular flexibility index (Phi) is 5.33. The van der Waals surface area contributed by atoms with Crippen LogP contribution in [0.1, 0.15) is 25.3 Å². The molecule has 1 aliphatic rings.